The lowest BCUT2D eigenvalue weighted by Crippen LogP contribution is -2.36. The van der Waals surface area contributed by atoms with Crippen molar-refractivity contribution >= 4 is 65.2 Å². The zero-order valence-electron chi connectivity index (χ0n) is 21.0. The van der Waals surface area contributed by atoms with Gasteiger partial charge < -0.3 is 18.7 Å². The van der Waals surface area contributed by atoms with Crippen LogP contribution in [0.1, 0.15) is 17.8 Å². The molecule has 9 nitrogen and oxygen atoms in total. The van der Waals surface area contributed by atoms with Crippen molar-refractivity contribution in [2.24, 2.45) is 0 Å². The molecule has 0 amide bonds. The molecule has 1 aliphatic heterocycles. The number of nitrogens with zero attached hydrogens (tertiary/aromatic N) is 2. The van der Waals surface area contributed by atoms with Crippen LogP contribution in [-0.2, 0) is 26.8 Å². The Morgan fingerprint density at radius 1 is 0.900 bits per heavy atom. The van der Waals surface area contributed by atoms with Gasteiger partial charge >= 0.3 is 0 Å². The fourth-order valence-electron chi connectivity index (χ4n) is 4.57. The van der Waals surface area contributed by atoms with E-state index in [-0.39, 0.29) is 25.9 Å². The van der Waals surface area contributed by atoms with Crippen molar-refractivity contribution in [3.63, 3.8) is 0 Å². The summed E-state index contributed by atoms with van der Waals surface area (Å²) >= 11 is 7.68. The third-order valence-electron chi connectivity index (χ3n) is 6.33. The standard InChI is InChI=1S/C27H25ClN2O7S3/c28-21-9-11-25-23(17-21)30(13-5-15-40(34,35)36)27(38-25)18-26-29(12-4-14-39(31,32)33)22-16-20(8-10-24(22)37-26)19-6-2-1-3-7-19/h1-3,6-11,16-18H,4-5,12-15H2,(H-,31,32,33,34,35,36)/p-1. The van der Waals surface area contributed by atoms with Crippen LogP contribution in [0.2, 0.25) is 5.02 Å². The first-order valence-corrected chi connectivity index (χ1v) is 16.7. The molecule has 40 heavy (non-hydrogen) atoms. The number of anilines is 1. The van der Waals surface area contributed by atoms with E-state index in [0.717, 1.165) is 27.0 Å². The minimum absolute atomic E-state index is 0.0882. The van der Waals surface area contributed by atoms with Crippen LogP contribution >= 0.6 is 22.9 Å². The van der Waals surface area contributed by atoms with Crippen molar-refractivity contribution in [3.8, 4) is 16.9 Å². The molecule has 0 unspecified atom stereocenters. The van der Waals surface area contributed by atoms with Crippen molar-refractivity contribution in [2.45, 2.75) is 19.4 Å². The third-order valence-corrected chi connectivity index (χ3v) is 9.25. The minimum Gasteiger partial charge on any atom is -0.748 e. The number of hydrogen-bond acceptors (Lipinski definition) is 9. The molecule has 5 rings (SSSR count). The molecule has 0 spiro atoms. The van der Waals surface area contributed by atoms with Gasteiger partial charge in [-0.25, -0.2) is 16.8 Å². The first-order chi connectivity index (χ1) is 19.0. The maximum Gasteiger partial charge on any atom is 0.268 e. The Bertz CT molecular complexity index is 1800. The monoisotopic (exact) mass is 619 g/mol. The predicted octanol–water partition coefficient (Wildman–Crippen LogP) is 4.58. The molecule has 0 atom stereocenters. The Kier molecular flexibility index (Phi) is 8.18. The van der Waals surface area contributed by atoms with Gasteiger partial charge in [0.05, 0.1) is 32.0 Å². The van der Waals surface area contributed by atoms with Crippen LogP contribution in [0.5, 0.6) is 5.75 Å². The summed E-state index contributed by atoms with van der Waals surface area (Å²) in [6.07, 6.45) is 1.99. The molecule has 3 aromatic carbocycles. The van der Waals surface area contributed by atoms with Crippen LogP contribution in [0.3, 0.4) is 0 Å². The molecule has 0 saturated carbocycles. The molecule has 13 heteroatoms. The molecule has 0 N–H and O–H groups in total. The van der Waals surface area contributed by atoms with Gasteiger partial charge in [-0.15, -0.1) is 0 Å². The zero-order chi connectivity index (χ0) is 28.5. The second-order valence-corrected chi connectivity index (χ2v) is 13.8. The second-order valence-electron chi connectivity index (χ2n) is 9.22. The van der Waals surface area contributed by atoms with Crippen molar-refractivity contribution in [3.05, 3.63) is 82.6 Å². The third kappa shape index (κ3) is 6.82. The number of aromatic nitrogens is 1. The number of benzene rings is 3. The summed E-state index contributed by atoms with van der Waals surface area (Å²) in [5, 5.41) is 1.22. The number of aryl methyl sites for hydroxylation is 1. The average Bonchev–Trinajstić information content (AvgIpc) is 3.40. The Hall–Kier alpha value is -3.00. The Morgan fingerprint density at radius 3 is 2.35 bits per heavy atom. The minimum atomic E-state index is -4.40. The quantitative estimate of drug-likeness (QED) is 0.186. The highest BCUT2D eigenvalue weighted by Crippen LogP contribution is 2.42. The molecule has 4 aromatic rings. The number of ether oxygens (including phenoxy) is 1. The van der Waals surface area contributed by atoms with E-state index in [9.17, 15) is 25.9 Å². The summed E-state index contributed by atoms with van der Waals surface area (Å²) in [6.45, 7) is 0.462. The number of thiazole rings is 1. The summed E-state index contributed by atoms with van der Waals surface area (Å²) in [4.78, 5) is 1.83. The molecular weight excluding hydrogens is 596 g/mol. The van der Waals surface area contributed by atoms with E-state index in [0.29, 0.717) is 21.7 Å². The molecule has 0 bridgehead atoms. The Labute approximate surface area is 241 Å². The van der Waals surface area contributed by atoms with Gasteiger partial charge in [0.2, 0.25) is 11.4 Å². The first-order valence-electron chi connectivity index (χ1n) is 12.3. The van der Waals surface area contributed by atoms with E-state index in [2.05, 4.69) is 0 Å². The largest absolute Gasteiger partial charge is 0.748 e. The molecule has 0 radical (unpaired) electrons. The number of halogens is 1. The maximum atomic E-state index is 11.3. The normalized spacial score (nSPS) is 14.6. The Balaban J connectivity index is 1.55. The fourth-order valence-corrected chi connectivity index (χ4v) is 6.79. The molecule has 1 aromatic heterocycles. The highest BCUT2D eigenvalue weighted by atomic mass is 35.5. The summed E-state index contributed by atoms with van der Waals surface area (Å²) in [5.41, 5.74) is 3.44. The van der Waals surface area contributed by atoms with Crippen LogP contribution in [0.4, 0.5) is 5.69 Å². The molecule has 1 aliphatic rings. The summed E-state index contributed by atoms with van der Waals surface area (Å²) in [6, 6.07) is 20.9. The van der Waals surface area contributed by atoms with Crippen molar-refractivity contribution in [2.75, 3.05) is 23.0 Å². The molecular formula is C27H24ClN2O7S3-. The van der Waals surface area contributed by atoms with Crippen LogP contribution in [0, 0.1) is 0 Å². The molecule has 0 aliphatic carbocycles. The van der Waals surface area contributed by atoms with Crippen molar-refractivity contribution in [1.29, 1.82) is 0 Å². The first kappa shape index (κ1) is 28.5. The molecule has 2 heterocycles. The summed E-state index contributed by atoms with van der Waals surface area (Å²) in [7, 11) is -8.77. The van der Waals surface area contributed by atoms with Crippen molar-refractivity contribution in [1.82, 2.24) is 0 Å². The second kappa shape index (κ2) is 11.5. The van der Waals surface area contributed by atoms with E-state index in [1.165, 1.54) is 11.3 Å². The Morgan fingerprint density at radius 2 is 1.62 bits per heavy atom. The van der Waals surface area contributed by atoms with E-state index in [1.807, 2.05) is 64.1 Å². The SMILES string of the molecule is O=S(=O)([O-])CCCN1/C(=C/c2sc3ccc(Cl)cc3[n+]2CCCS(=O)(=O)[O-])Oc2ccc(-c3ccccc3)cc21. The number of fused-ring (bicyclic) bond motifs is 2. The lowest BCUT2D eigenvalue weighted by atomic mass is 10.0. The van der Waals surface area contributed by atoms with Gasteiger partial charge in [-0.1, -0.05) is 59.3 Å². The van der Waals surface area contributed by atoms with Gasteiger partial charge in [0.25, 0.3) is 5.01 Å². The lowest BCUT2D eigenvalue weighted by Gasteiger charge is -2.19. The maximum absolute atomic E-state index is 11.3. The smallest absolute Gasteiger partial charge is 0.268 e. The van der Waals surface area contributed by atoms with Gasteiger partial charge in [-0.05, 0) is 41.8 Å². The number of rotatable bonds is 10. The van der Waals surface area contributed by atoms with Crippen molar-refractivity contribution < 1.29 is 35.2 Å². The van der Waals surface area contributed by atoms with Crippen LogP contribution in [0.15, 0.2) is 72.6 Å². The fraction of sp³-hybridized carbons (Fsp3) is 0.222. The van der Waals surface area contributed by atoms with Gasteiger partial charge in [0, 0.05) is 35.6 Å². The van der Waals surface area contributed by atoms with Crippen LogP contribution < -0.4 is 14.2 Å². The summed E-state index contributed by atoms with van der Waals surface area (Å²) in [5.74, 6) is -0.0286. The molecule has 0 fully saturated rings. The molecule has 210 valence electrons. The predicted molar refractivity (Wildman–Crippen MR) is 153 cm³/mol. The average molecular weight is 620 g/mol. The highest BCUT2D eigenvalue weighted by molar-refractivity contribution is 7.85. The zero-order valence-corrected chi connectivity index (χ0v) is 24.2. The van der Waals surface area contributed by atoms with Gasteiger partial charge in [0.1, 0.15) is 4.70 Å². The van der Waals surface area contributed by atoms with Crippen LogP contribution in [-0.4, -0.2) is 44.0 Å². The summed E-state index contributed by atoms with van der Waals surface area (Å²) < 4.78 is 76.6. The van der Waals surface area contributed by atoms with E-state index in [4.69, 9.17) is 16.3 Å². The van der Waals surface area contributed by atoms with Gasteiger partial charge in [-0.3, -0.25) is 0 Å². The number of hydrogen-bond donors (Lipinski definition) is 0. The van der Waals surface area contributed by atoms with Gasteiger partial charge in [-0.2, -0.15) is 4.57 Å². The topological polar surface area (TPSA) is 131 Å². The van der Waals surface area contributed by atoms with Crippen LogP contribution in [0.25, 0.3) is 27.4 Å². The van der Waals surface area contributed by atoms with E-state index < -0.39 is 31.7 Å². The van der Waals surface area contributed by atoms with E-state index in [1.54, 1.807) is 18.2 Å². The lowest BCUT2D eigenvalue weighted by molar-refractivity contribution is -0.668. The van der Waals surface area contributed by atoms with E-state index >= 15 is 0 Å². The van der Waals surface area contributed by atoms with Gasteiger partial charge in [0.15, 0.2) is 12.3 Å². The molecule has 0 saturated heterocycles. The highest BCUT2D eigenvalue weighted by Gasteiger charge is 2.29.